The van der Waals surface area contributed by atoms with Crippen LogP contribution in [0.3, 0.4) is 0 Å². The van der Waals surface area contributed by atoms with E-state index in [0.717, 1.165) is 19.3 Å². The first-order valence-electron chi connectivity index (χ1n) is 6.82. The van der Waals surface area contributed by atoms with Gasteiger partial charge in [0.1, 0.15) is 6.54 Å². The molecule has 6 heteroatoms. The number of ether oxygens (including phenoxy) is 1. The highest BCUT2D eigenvalue weighted by atomic mass is 16.5. The zero-order valence-electron chi connectivity index (χ0n) is 12.2. The van der Waals surface area contributed by atoms with Gasteiger partial charge in [-0.05, 0) is 18.3 Å². The average Bonchev–Trinajstić information content (AvgIpc) is 2.95. The van der Waals surface area contributed by atoms with Gasteiger partial charge in [0.2, 0.25) is 5.91 Å². The molecule has 110 valence electrons. The summed E-state index contributed by atoms with van der Waals surface area (Å²) in [5.74, 6) is -0.306. The molecule has 1 N–H and O–H groups in total. The molecule has 1 heterocycles. The Hall–Kier alpha value is -1.85. The van der Waals surface area contributed by atoms with Crippen molar-refractivity contribution in [2.24, 2.45) is 11.3 Å². The lowest BCUT2D eigenvalue weighted by Crippen LogP contribution is -2.30. The molecular formula is C14H21N3O3. The van der Waals surface area contributed by atoms with Gasteiger partial charge in [-0.2, -0.15) is 5.10 Å². The van der Waals surface area contributed by atoms with E-state index in [1.54, 1.807) is 12.4 Å². The molecule has 6 nitrogen and oxygen atoms in total. The molecule has 0 saturated heterocycles. The van der Waals surface area contributed by atoms with Gasteiger partial charge in [0.15, 0.2) is 0 Å². The highest BCUT2D eigenvalue weighted by Gasteiger charge is 2.39. The van der Waals surface area contributed by atoms with E-state index in [1.807, 2.05) is 0 Å². The van der Waals surface area contributed by atoms with Crippen LogP contribution in [0, 0.1) is 11.3 Å². The molecule has 1 fully saturated rings. The topological polar surface area (TPSA) is 73.2 Å². The van der Waals surface area contributed by atoms with Crippen molar-refractivity contribution in [3.8, 4) is 0 Å². The van der Waals surface area contributed by atoms with E-state index in [0.29, 0.717) is 5.69 Å². The van der Waals surface area contributed by atoms with Gasteiger partial charge in [0.25, 0.3) is 0 Å². The van der Waals surface area contributed by atoms with Crippen LogP contribution in [0.15, 0.2) is 12.4 Å². The van der Waals surface area contributed by atoms with Crippen LogP contribution in [-0.4, -0.2) is 28.8 Å². The fourth-order valence-electron chi connectivity index (χ4n) is 2.75. The Morgan fingerprint density at radius 2 is 2.30 bits per heavy atom. The molecular weight excluding hydrogens is 258 g/mol. The number of aromatic nitrogens is 2. The summed E-state index contributed by atoms with van der Waals surface area (Å²) in [5, 5.41) is 6.90. The number of rotatable bonds is 4. The number of nitrogens with one attached hydrogen (secondary N) is 1. The van der Waals surface area contributed by atoms with Crippen molar-refractivity contribution in [3.63, 3.8) is 0 Å². The molecule has 0 radical (unpaired) electrons. The third-order valence-corrected chi connectivity index (χ3v) is 3.99. The smallest absolute Gasteiger partial charge is 0.327 e. The SMILES string of the molecule is COC(=O)Cn1cc(NC(=O)C2CCCC2(C)C)cn1. The van der Waals surface area contributed by atoms with Crippen molar-refractivity contribution in [2.75, 3.05) is 12.4 Å². The number of anilines is 1. The van der Waals surface area contributed by atoms with Crippen LogP contribution in [0.1, 0.15) is 33.1 Å². The average molecular weight is 279 g/mol. The van der Waals surface area contributed by atoms with Crippen molar-refractivity contribution in [1.82, 2.24) is 9.78 Å². The minimum absolute atomic E-state index is 0.0325. The lowest BCUT2D eigenvalue weighted by molar-refractivity contribution is -0.141. The number of amides is 1. The van der Waals surface area contributed by atoms with E-state index >= 15 is 0 Å². The van der Waals surface area contributed by atoms with E-state index in [1.165, 1.54) is 11.8 Å². The Morgan fingerprint density at radius 1 is 1.55 bits per heavy atom. The predicted octanol–water partition coefficient (Wildman–Crippen LogP) is 1.82. The number of carbonyl (C=O) groups excluding carboxylic acids is 2. The van der Waals surface area contributed by atoms with E-state index in [4.69, 9.17) is 0 Å². The minimum atomic E-state index is -0.372. The van der Waals surface area contributed by atoms with Gasteiger partial charge in [0, 0.05) is 12.1 Å². The molecule has 1 aliphatic carbocycles. The number of hydrogen-bond acceptors (Lipinski definition) is 4. The Kier molecular flexibility index (Phi) is 4.11. The van der Waals surface area contributed by atoms with Crippen molar-refractivity contribution in [2.45, 2.75) is 39.7 Å². The molecule has 1 atom stereocenters. The first kappa shape index (κ1) is 14.6. The Balaban J connectivity index is 1.97. The van der Waals surface area contributed by atoms with Crippen molar-refractivity contribution >= 4 is 17.6 Å². The third-order valence-electron chi connectivity index (χ3n) is 3.99. The number of carbonyl (C=O) groups is 2. The molecule has 1 aliphatic rings. The summed E-state index contributed by atoms with van der Waals surface area (Å²) < 4.78 is 6.01. The minimum Gasteiger partial charge on any atom is -0.468 e. The van der Waals surface area contributed by atoms with Crippen LogP contribution in [-0.2, 0) is 20.9 Å². The number of esters is 1. The Morgan fingerprint density at radius 3 is 2.90 bits per heavy atom. The summed E-state index contributed by atoms with van der Waals surface area (Å²) in [7, 11) is 1.33. The monoisotopic (exact) mass is 279 g/mol. The van der Waals surface area contributed by atoms with Crippen molar-refractivity contribution in [3.05, 3.63) is 12.4 Å². The van der Waals surface area contributed by atoms with Gasteiger partial charge in [-0.3, -0.25) is 14.3 Å². The fraction of sp³-hybridized carbons (Fsp3) is 0.643. The summed E-state index contributed by atoms with van der Waals surface area (Å²) >= 11 is 0. The van der Waals surface area contributed by atoms with Gasteiger partial charge in [-0.15, -0.1) is 0 Å². The van der Waals surface area contributed by atoms with Crippen LogP contribution in [0.2, 0.25) is 0 Å². The molecule has 2 rings (SSSR count). The molecule has 0 bridgehead atoms. The quantitative estimate of drug-likeness (QED) is 0.853. The number of methoxy groups -OCH3 is 1. The van der Waals surface area contributed by atoms with Gasteiger partial charge < -0.3 is 10.1 Å². The normalized spacial score (nSPS) is 20.6. The molecule has 1 unspecified atom stereocenters. The third kappa shape index (κ3) is 3.18. The second-order valence-electron chi connectivity index (χ2n) is 5.93. The highest BCUT2D eigenvalue weighted by molar-refractivity contribution is 5.93. The lowest BCUT2D eigenvalue weighted by atomic mass is 9.81. The van der Waals surface area contributed by atoms with E-state index in [-0.39, 0.29) is 29.8 Å². The van der Waals surface area contributed by atoms with Gasteiger partial charge in [-0.25, -0.2) is 0 Å². The Bertz CT molecular complexity index is 508. The number of nitrogens with zero attached hydrogens (tertiary/aromatic N) is 2. The molecule has 20 heavy (non-hydrogen) atoms. The summed E-state index contributed by atoms with van der Waals surface area (Å²) in [6.07, 6.45) is 6.27. The van der Waals surface area contributed by atoms with Crippen molar-refractivity contribution in [1.29, 1.82) is 0 Å². The molecule has 0 aliphatic heterocycles. The molecule has 1 amide bonds. The van der Waals surface area contributed by atoms with E-state index < -0.39 is 0 Å². The maximum Gasteiger partial charge on any atom is 0.327 e. The van der Waals surface area contributed by atoms with Crippen LogP contribution >= 0.6 is 0 Å². The molecule has 1 aromatic rings. The van der Waals surface area contributed by atoms with Crippen LogP contribution < -0.4 is 5.32 Å². The Labute approximate surface area is 118 Å². The van der Waals surface area contributed by atoms with Crippen LogP contribution in [0.25, 0.3) is 0 Å². The van der Waals surface area contributed by atoms with E-state index in [2.05, 4.69) is 29.0 Å². The zero-order valence-corrected chi connectivity index (χ0v) is 12.2. The first-order chi connectivity index (χ1) is 9.42. The predicted molar refractivity (Wildman–Crippen MR) is 74.0 cm³/mol. The summed E-state index contributed by atoms with van der Waals surface area (Å²) in [4.78, 5) is 23.4. The van der Waals surface area contributed by atoms with Crippen LogP contribution in [0.4, 0.5) is 5.69 Å². The molecule has 1 saturated carbocycles. The van der Waals surface area contributed by atoms with Gasteiger partial charge in [-0.1, -0.05) is 20.3 Å². The van der Waals surface area contributed by atoms with Gasteiger partial charge >= 0.3 is 5.97 Å². The molecule has 0 aromatic carbocycles. The van der Waals surface area contributed by atoms with Crippen LogP contribution in [0.5, 0.6) is 0 Å². The maximum atomic E-state index is 12.3. The summed E-state index contributed by atoms with van der Waals surface area (Å²) in [6, 6.07) is 0. The zero-order chi connectivity index (χ0) is 14.8. The lowest BCUT2D eigenvalue weighted by Gasteiger charge is -2.25. The van der Waals surface area contributed by atoms with Gasteiger partial charge in [0.05, 0.1) is 19.0 Å². The first-order valence-corrected chi connectivity index (χ1v) is 6.82. The molecule has 0 spiro atoms. The standard InChI is InChI=1S/C14H21N3O3/c1-14(2)6-4-5-11(14)13(19)16-10-7-15-17(8-10)9-12(18)20-3/h7-8,11H,4-6,9H2,1-3H3,(H,16,19). The maximum absolute atomic E-state index is 12.3. The molecule has 1 aromatic heterocycles. The summed E-state index contributed by atoms with van der Waals surface area (Å²) in [6.45, 7) is 4.30. The second kappa shape index (κ2) is 5.64. The largest absolute Gasteiger partial charge is 0.468 e. The number of hydrogen-bond donors (Lipinski definition) is 1. The fourth-order valence-corrected chi connectivity index (χ4v) is 2.75. The van der Waals surface area contributed by atoms with E-state index in [9.17, 15) is 9.59 Å². The summed E-state index contributed by atoms with van der Waals surface area (Å²) in [5.41, 5.74) is 0.660. The second-order valence-corrected chi connectivity index (χ2v) is 5.93. The van der Waals surface area contributed by atoms with Crippen molar-refractivity contribution < 1.29 is 14.3 Å². The highest BCUT2D eigenvalue weighted by Crippen LogP contribution is 2.42.